The van der Waals surface area contributed by atoms with Crippen molar-refractivity contribution in [2.75, 3.05) is 24.5 Å². The van der Waals surface area contributed by atoms with Crippen molar-refractivity contribution in [2.24, 2.45) is 5.92 Å². The molecule has 0 bridgehead atoms. The molecule has 1 N–H and O–H groups in total. The van der Waals surface area contributed by atoms with Crippen molar-refractivity contribution in [3.05, 3.63) is 23.9 Å². The number of nitrogens with one attached hydrogen (secondary N) is 1. The largest absolute Gasteiger partial charge is 0.357 e. The van der Waals surface area contributed by atoms with E-state index in [0.717, 1.165) is 24.8 Å². The van der Waals surface area contributed by atoms with Crippen molar-refractivity contribution in [2.45, 2.75) is 39.7 Å². The average molecular weight is 247 g/mol. The Balaban J connectivity index is 2.08. The zero-order valence-electron chi connectivity index (χ0n) is 11.8. The Kier molecular flexibility index (Phi) is 4.59. The summed E-state index contributed by atoms with van der Waals surface area (Å²) in [7, 11) is 0. The Bertz CT molecular complexity index is 374. The van der Waals surface area contributed by atoms with Crippen LogP contribution in [0.2, 0.25) is 0 Å². The third-order valence-electron chi connectivity index (χ3n) is 3.66. The Labute approximate surface area is 111 Å². The number of pyridine rings is 1. The molecule has 0 amide bonds. The Morgan fingerprint density at radius 3 is 2.83 bits per heavy atom. The Morgan fingerprint density at radius 2 is 2.22 bits per heavy atom. The molecule has 100 valence electrons. The summed E-state index contributed by atoms with van der Waals surface area (Å²) in [5.74, 6) is 2.04. The molecule has 2 rings (SSSR count). The Morgan fingerprint density at radius 1 is 1.44 bits per heavy atom. The van der Waals surface area contributed by atoms with Crippen molar-refractivity contribution >= 4 is 5.82 Å². The van der Waals surface area contributed by atoms with Gasteiger partial charge in [-0.15, -0.1) is 0 Å². The van der Waals surface area contributed by atoms with Crippen LogP contribution in [0.4, 0.5) is 5.82 Å². The molecule has 0 spiro atoms. The first-order chi connectivity index (χ1) is 8.74. The average Bonchev–Trinajstić information content (AvgIpc) is 3.20. The van der Waals surface area contributed by atoms with Crippen molar-refractivity contribution in [1.29, 1.82) is 0 Å². The minimum Gasteiger partial charge on any atom is -0.357 e. The predicted molar refractivity (Wildman–Crippen MR) is 76.9 cm³/mol. The van der Waals surface area contributed by atoms with Gasteiger partial charge < -0.3 is 10.2 Å². The lowest BCUT2D eigenvalue weighted by molar-refractivity contribution is 0.597. The van der Waals surface area contributed by atoms with Gasteiger partial charge in [-0.05, 0) is 56.8 Å². The van der Waals surface area contributed by atoms with E-state index in [4.69, 9.17) is 0 Å². The monoisotopic (exact) mass is 247 g/mol. The van der Waals surface area contributed by atoms with E-state index in [1.165, 1.54) is 24.9 Å². The number of nitrogens with zero attached hydrogens (tertiary/aromatic N) is 2. The normalized spacial score (nSPS) is 16.6. The molecule has 1 aliphatic rings. The van der Waals surface area contributed by atoms with E-state index in [-0.39, 0.29) is 0 Å². The van der Waals surface area contributed by atoms with E-state index in [1.807, 2.05) is 6.20 Å². The first-order valence-corrected chi connectivity index (χ1v) is 7.18. The molecule has 1 aromatic heterocycles. The predicted octanol–water partition coefficient (Wildman–Crippen LogP) is 2.99. The molecule has 1 aliphatic carbocycles. The fraction of sp³-hybridized carbons (Fsp3) is 0.667. The van der Waals surface area contributed by atoms with Crippen LogP contribution in [0.25, 0.3) is 0 Å². The highest BCUT2D eigenvalue weighted by molar-refractivity contribution is 5.42. The summed E-state index contributed by atoms with van der Waals surface area (Å²) < 4.78 is 0. The van der Waals surface area contributed by atoms with Crippen LogP contribution in [-0.2, 0) is 0 Å². The molecule has 1 saturated carbocycles. The lowest BCUT2D eigenvalue weighted by atomic mass is 10.1. The van der Waals surface area contributed by atoms with E-state index in [0.29, 0.717) is 6.04 Å². The van der Waals surface area contributed by atoms with Gasteiger partial charge in [-0.3, -0.25) is 0 Å². The Hall–Kier alpha value is -1.09. The van der Waals surface area contributed by atoms with Gasteiger partial charge in [-0.2, -0.15) is 0 Å². The third-order valence-corrected chi connectivity index (χ3v) is 3.66. The van der Waals surface area contributed by atoms with Gasteiger partial charge >= 0.3 is 0 Å². The summed E-state index contributed by atoms with van der Waals surface area (Å²) in [6.45, 7) is 9.78. The number of hydrogen-bond donors (Lipinski definition) is 1. The zero-order valence-corrected chi connectivity index (χ0v) is 11.8. The summed E-state index contributed by atoms with van der Waals surface area (Å²) >= 11 is 0. The maximum Gasteiger partial charge on any atom is 0.128 e. The second kappa shape index (κ2) is 6.19. The van der Waals surface area contributed by atoms with Crippen molar-refractivity contribution in [3.63, 3.8) is 0 Å². The highest BCUT2D eigenvalue weighted by atomic mass is 15.2. The van der Waals surface area contributed by atoms with E-state index in [9.17, 15) is 0 Å². The molecule has 1 fully saturated rings. The maximum absolute atomic E-state index is 4.53. The topological polar surface area (TPSA) is 28.2 Å². The van der Waals surface area contributed by atoms with E-state index < -0.39 is 0 Å². The minimum absolute atomic E-state index is 0.399. The van der Waals surface area contributed by atoms with Gasteiger partial charge in [-0.1, -0.05) is 6.92 Å². The molecule has 3 nitrogen and oxygen atoms in total. The van der Waals surface area contributed by atoms with Crippen LogP contribution >= 0.6 is 0 Å². The molecule has 1 heterocycles. The second-order valence-electron chi connectivity index (χ2n) is 5.21. The van der Waals surface area contributed by atoms with Gasteiger partial charge in [0.25, 0.3) is 0 Å². The van der Waals surface area contributed by atoms with E-state index in [2.05, 4.69) is 48.1 Å². The molecular formula is C15H25N3. The molecule has 0 aromatic carbocycles. The fourth-order valence-electron chi connectivity index (χ4n) is 2.30. The van der Waals surface area contributed by atoms with Crippen LogP contribution in [0.15, 0.2) is 18.3 Å². The summed E-state index contributed by atoms with van der Waals surface area (Å²) in [5.41, 5.74) is 1.33. The van der Waals surface area contributed by atoms with Gasteiger partial charge in [0.2, 0.25) is 0 Å². The van der Waals surface area contributed by atoms with Crippen LogP contribution in [0.3, 0.4) is 0 Å². The molecule has 1 unspecified atom stereocenters. The van der Waals surface area contributed by atoms with E-state index in [1.54, 1.807) is 0 Å². The number of anilines is 1. The number of hydrogen-bond acceptors (Lipinski definition) is 3. The maximum atomic E-state index is 4.53. The molecule has 0 saturated heterocycles. The minimum atomic E-state index is 0.399. The highest BCUT2D eigenvalue weighted by Crippen LogP contribution is 2.31. The van der Waals surface area contributed by atoms with Crippen LogP contribution in [0.1, 0.15) is 45.2 Å². The SMILES string of the molecule is CCNC(C)c1ccnc(N(CC)CC2CC2)c1. The number of aromatic nitrogens is 1. The molecular weight excluding hydrogens is 222 g/mol. The lowest BCUT2D eigenvalue weighted by Crippen LogP contribution is -2.26. The standard InChI is InChI=1S/C15H25N3/c1-4-16-12(3)14-8-9-17-15(10-14)18(5-2)11-13-6-7-13/h8-10,12-13,16H,4-7,11H2,1-3H3. The van der Waals surface area contributed by atoms with Crippen LogP contribution < -0.4 is 10.2 Å². The van der Waals surface area contributed by atoms with Gasteiger partial charge in [0, 0.05) is 25.3 Å². The van der Waals surface area contributed by atoms with Gasteiger partial charge in [0.15, 0.2) is 0 Å². The van der Waals surface area contributed by atoms with Crippen LogP contribution in [0.5, 0.6) is 0 Å². The first kappa shape index (κ1) is 13.3. The summed E-state index contributed by atoms with van der Waals surface area (Å²) in [6.07, 6.45) is 4.72. The van der Waals surface area contributed by atoms with Crippen LogP contribution in [0, 0.1) is 5.92 Å². The van der Waals surface area contributed by atoms with Crippen molar-refractivity contribution < 1.29 is 0 Å². The molecule has 3 heteroatoms. The summed E-state index contributed by atoms with van der Waals surface area (Å²) in [5, 5.41) is 3.45. The summed E-state index contributed by atoms with van der Waals surface area (Å²) in [6, 6.07) is 4.75. The molecule has 1 aromatic rings. The third kappa shape index (κ3) is 3.45. The quantitative estimate of drug-likeness (QED) is 0.803. The second-order valence-corrected chi connectivity index (χ2v) is 5.21. The fourth-order valence-corrected chi connectivity index (χ4v) is 2.30. The van der Waals surface area contributed by atoms with Gasteiger partial charge in [0.1, 0.15) is 5.82 Å². The molecule has 1 atom stereocenters. The van der Waals surface area contributed by atoms with Crippen LogP contribution in [-0.4, -0.2) is 24.6 Å². The van der Waals surface area contributed by atoms with Crippen molar-refractivity contribution in [3.8, 4) is 0 Å². The highest BCUT2D eigenvalue weighted by Gasteiger charge is 2.24. The van der Waals surface area contributed by atoms with Gasteiger partial charge in [-0.25, -0.2) is 4.98 Å². The van der Waals surface area contributed by atoms with Gasteiger partial charge in [0.05, 0.1) is 0 Å². The number of rotatable bonds is 7. The van der Waals surface area contributed by atoms with E-state index >= 15 is 0 Å². The smallest absolute Gasteiger partial charge is 0.128 e. The molecule has 0 aliphatic heterocycles. The zero-order chi connectivity index (χ0) is 13.0. The first-order valence-electron chi connectivity index (χ1n) is 7.18. The molecule has 18 heavy (non-hydrogen) atoms. The molecule has 0 radical (unpaired) electrons. The summed E-state index contributed by atoms with van der Waals surface area (Å²) in [4.78, 5) is 6.93. The lowest BCUT2D eigenvalue weighted by Gasteiger charge is -2.23. The van der Waals surface area contributed by atoms with Crippen molar-refractivity contribution in [1.82, 2.24) is 10.3 Å².